The van der Waals surface area contributed by atoms with Gasteiger partial charge in [-0.3, -0.25) is 14.3 Å². The second-order valence-electron chi connectivity index (χ2n) is 6.83. The molecule has 0 bridgehead atoms. The number of rotatable bonds is 9. The van der Waals surface area contributed by atoms with Crippen LogP contribution in [0, 0.1) is 0 Å². The lowest BCUT2D eigenvalue weighted by atomic mass is 10.2. The molecule has 1 amide bonds. The fraction of sp³-hybridized carbons (Fsp3) is 0.353. The van der Waals surface area contributed by atoms with E-state index in [0.717, 1.165) is 11.4 Å². The Kier molecular flexibility index (Phi) is 8.09. The molecule has 1 atom stereocenters. The van der Waals surface area contributed by atoms with Crippen molar-refractivity contribution in [1.29, 1.82) is 0 Å². The van der Waals surface area contributed by atoms with Crippen LogP contribution in [-0.2, 0) is 19.6 Å². The van der Waals surface area contributed by atoms with Crippen molar-refractivity contribution in [2.24, 2.45) is 0 Å². The van der Waals surface area contributed by atoms with Crippen LogP contribution in [-0.4, -0.2) is 61.9 Å². The molecule has 1 aromatic heterocycles. The number of hydrogen-bond donors (Lipinski definition) is 2. The van der Waals surface area contributed by atoms with Crippen LogP contribution in [0.2, 0.25) is 0 Å². The number of alkyl halides is 11. The maximum atomic E-state index is 14.3. The Bertz CT molecular complexity index is 1250. The van der Waals surface area contributed by atoms with Crippen LogP contribution in [0.15, 0.2) is 41.3 Å². The Morgan fingerprint density at radius 3 is 1.79 bits per heavy atom. The molecule has 0 saturated heterocycles. The van der Waals surface area contributed by atoms with E-state index >= 15 is 0 Å². The third-order valence-electron chi connectivity index (χ3n) is 4.16. The number of aromatic nitrogens is 2. The summed E-state index contributed by atoms with van der Waals surface area (Å²) in [6.45, 7) is 0. The predicted molar refractivity (Wildman–Crippen MR) is 101 cm³/mol. The van der Waals surface area contributed by atoms with Gasteiger partial charge in [0.25, 0.3) is 15.9 Å². The number of ether oxygens (including phenoxy) is 2. The van der Waals surface area contributed by atoms with Crippen molar-refractivity contribution in [1.82, 2.24) is 10.2 Å². The standard InChI is InChI=1S/C17H11F11N4O5S/c1-36-11-7-6-10(30-31-11)32-38(34,35)9-4-2-8(3-5-9)29-12(33)13(18,15(21,22)23)37-17(27,28)14(19,20)16(24,25)26/h2-7H,1H3,(H,29,33)(H,30,32). The number of halogens is 11. The van der Waals surface area contributed by atoms with Crippen molar-refractivity contribution in [2.45, 2.75) is 35.1 Å². The Labute approximate surface area is 204 Å². The van der Waals surface area contributed by atoms with Crippen LogP contribution in [0.1, 0.15) is 0 Å². The highest BCUT2D eigenvalue weighted by atomic mass is 32.2. The van der Waals surface area contributed by atoms with E-state index in [1.54, 1.807) is 0 Å². The van der Waals surface area contributed by atoms with E-state index in [1.807, 2.05) is 4.72 Å². The molecular formula is C17H11F11N4O5S. The Hall–Kier alpha value is -3.49. The number of nitrogens with one attached hydrogen (secondary N) is 2. The molecule has 0 fully saturated rings. The van der Waals surface area contributed by atoms with Crippen LogP contribution < -0.4 is 14.8 Å². The van der Waals surface area contributed by atoms with Gasteiger partial charge in [-0.05, 0) is 30.3 Å². The van der Waals surface area contributed by atoms with Gasteiger partial charge in [0.1, 0.15) is 0 Å². The van der Waals surface area contributed by atoms with Crippen molar-refractivity contribution in [2.75, 3.05) is 17.1 Å². The first kappa shape index (κ1) is 30.7. The summed E-state index contributed by atoms with van der Waals surface area (Å²) in [5.41, 5.74) is -0.945. The summed E-state index contributed by atoms with van der Waals surface area (Å²) in [4.78, 5) is 11.1. The Morgan fingerprint density at radius 1 is 0.816 bits per heavy atom. The van der Waals surface area contributed by atoms with Crippen molar-refractivity contribution in [3.8, 4) is 5.88 Å². The predicted octanol–water partition coefficient (Wildman–Crippen LogP) is 4.26. The summed E-state index contributed by atoms with van der Waals surface area (Å²) in [6.07, 6.45) is -21.3. The summed E-state index contributed by atoms with van der Waals surface area (Å²) >= 11 is 0. The number of anilines is 2. The second-order valence-corrected chi connectivity index (χ2v) is 8.51. The third-order valence-corrected chi connectivity index (χ3v) is 5.53. The molecule has 9 nitrogen and oxygen atoms in total. The van der Waals surface area contributed by atoms with E-state index in [-0.39, 0.29) is 11.7 Å². The SMILES string of the molecule is COc1ccc(NS(=O)(=O)c2ccc(NC(=O)C(F)(OC(F)(F)C(F)(F)C(F)(F)F)C(F)(F)F)cc2)nn1. The lowest BCUT2D eigenvalue weighted by molar-refractivity contribution is -0.472. The molecule has 2 rings (SSSR count). The molecule has 21 heteroatoms. The van der Waals surface area contributed by atoms with Crippen molar-refractivity contribution in [3.05, 3.63) is 36.4 Å². The number of sulfonamides is 1. The Morgan fingerprint density at radius 2 is 1.37 bits per heavy atom. The molecule has 0 radical (unpaired) electrons. The zero-order valence-corrected chi connectivity index (χ0v) is 18.8. The second kappa shape index (κ2) is 10.0. The van der Waals surface area contributed by atoms with Gasteiger partial charge in [0.05, 0.1) is 12.0 Å². The molecule has 0 saturated carbocycles. The number of carbonyl (C=O) groups excluding carboxylic acids is 1. The molecular weight excluding hydrogens is 581 g/mol. The van der Waals surface area contributed by atoms with Crippen LogP contribution in [0.25, 0.3) is 0 Å². The molecule has 2 aromatic rings. The smallest absolute Gasteiger partial charge is 0.462 e. The van der Waals surface area contributed by atoms with Crippen LogP contribution in [0.5, 0.6) is 5.88 Å². The molecule has 1 unspecified atom stereocenters. The molecule has 0 aliphatic rings. The maximum absolute atomic E-state index is 14.3. The van der Waals surface area contributed by atoms with Gasteiger partial charge in [0.15, 0.2) is 5.82 Å². The quantitative estimate of drug-likeness (QED) is 0.418. The third kappa shape index (κ3) is 6.14. The number of methoxy groups -OCH3 is 1. The lowest BCUT2D eigenvalue weighted by Crippen LogP contribution is -2.62. The number of hydrogen-bond acceptors (Lipinski definition) is 7. The van der Waals surface area contributed by atoms with Crippen molar-refractivity contribution in [3.63, 3.8) is 0 Å². The minimum atomic E-state index is -7.35. The largest absolute Gasteiger partial charge is 0.480 e. The average Bonchev–Trinajstić information content (AvgIpc) is 2.77. The van der Waals surface area contributed by atoms with Crippen LogP contribution >= 0.6 is 0 Å². The molecule has 0 aliphatic carbocycles. The summed E-state index contributed by atoms with van der Waals surface area (Å²) in [5.74, 6) is -17.4. The van der Waals surface area contributed by atoms with Gasteiger partial charge in [0.2, 0.25) is 5.88 Å². The fourth-order valence-corrected chi connectivity index (χ4v) is 3.24. The van der Waals surface area contributed by atoms with Crippen molar-refractivity contribution < 1.29 is 71.0 Å². The molecule has 2 N–H and O–H groups in total. The summed E-state index contributed by atoms with van der Waals surface area (Å²) in [7, 11) is -3.22. The number of carbonyl (C=O) groups is 1. The monoisotopic (exact) mass is 592 g/mol. The minimum absolute atomic E-state index is 0.0136. The topological polar surface area (TPSA) is 120 Å². The van der Waals surface area contributed by atoms with Gasteiger partial charge in [0, 0.05) is 11.8 Å². The van der Waals surface area contributed by atoms with E-state index in [2.05, 4.69) is 14.9 Å². The summed E-state index contributed by atoms with van der Waals surface area (Å²) in [5, 5.41) is 7.90. The Balaban J connectivity index is 2.28. The molecule has 212 valence electrons. The maximum Gasteiger partial charge on any atom is 0.462 e. The molecule has 1 heterocycles. The van der Waals surface area contributed by atoms with E-state index in [0.29, 0.717) is 24.3 Å². The van der Waals surface area contributed by atoms with Crippen LogP contribution in [0.4, 0.5) is 59.8 Å². The molecule has 0 aliphatic heterocycles. The van der Waals surface area contributed by atoms with E-state index in [4.69, 9.17) is 4.74 Å². The number of amides is 1. The highest BCUT2D eigenvalue weighted by molar-refractivity contribution is 7.92. The van der Waals surface area contributed by atoms with Gasteiger partial charge in [-0.2, -0.15) is 48.3 Å². The zero-order valence-electron chi connectivity index (χ0n) is 18.0. The van der Waals surface area contributed by atoms with Gasteiger partial charge in [-0.1, -0.05) is 0 Å². The fourth-order valence-electron chi connectivity index (χ4n) is 2.25. The van der Waals surface area contributed by atoms with E-state index in [1.165, 1.54) is 13.2 Å². The van der Waals surface area contributed by atoms with Crippen LogP contribution in [0.3, 0.4) is 0 Å². The average molecular weight is 592 g/mol. The molecule has 1 aromatic carbocycles. The van der Waals surface area contributed by atoms with Crippen molar-refractivity contribution >= 4 is 27.4 Å². The number of nitrogens with zero attached hydrogens (tertiary/aromatic N) is 2. The normalized spacial score (nSPS) is 14.9. The summed E-state index contributed by atoms with van der Waals surface area (Å²) < 4.78 is 176. The first-order valence-electron chi connectivity index (χ1n) is 9.17. The highest BCUT2D eigenvalue weighted by Crippen LogP contribution is 2.51. The number of benzene rings is 1. The highest BCUT2D eigenvalue weighted by Gasteiger charge is 2.79. The van der Waals surface area contributed by atoms with Gasteiger partial charge in [-0.25, -0.2) is 8.42 Å². The van der Waals surface area contributed by atoms with E-state index < -0.39 is 56.8 Å². The summed E-state index contributed by atoms with van der Waals surface area (Å²) in [6, 6.07) is 4.50. The minimum Gasteiger partial charge on any atom is -0.480 e. The zero-order chi connectivity index (χ0) is 29.4. The molecule has 38 heavy (non-hydrogen) atoms. The van der Waals surface area contributed by atoms with E-state index in [9.17, 15) is 61.5 Å². The first-order chi connectivity index (χ1) is 17.1. The lowest BCUT2D eigenvalue weighted by Gasteiger charge is -2.34. The first-order valence-corrected chi connectivity index (χ1v) is 10.7. The van der Waals surface area contributed by atoms with Gasteiger partial charge >= 0.3 is 30.2 Å². The van der Waals surface area contributed by atoms with Gasteiger partial charge in [-0.15, -0.1) is 10.2 Å². The molecule has 0 spiro atoms. The van der Waals surface area contributed by atoms with Gasteiger partial charge < -0.3 is 10.1 Å².